The van der Waals surface area contributed by atoms with Crippen LogP contribution in [0.4, 0.5) is 11.4 Å². The summed E-state index contributed by atoms with van der Waals surface area (Å²) in [5, 5.41) is 0. The minimum atomic E-state index is -3.30. The largest absolute Gasteiger partial charge is 0.315 e. The van der Waals surface area contributed by atoms with Crippen molar-refractivity contribution in [2.75, 3.05) is 22.9 Å². The van der Waals surface area contributed by atoms with Gasteiger partial charge in [0.15, 0.2) is 0 Å². The Balaban J connectivity index is 1.96. The Morgan fingerprint density at radius 1 is 1.04 bits per heavy atom. The van der Waals surface area contributed by atoms with Crippen molar-refractivity contribution in [3.05, 3.63) is 60.2 Å². The molecule has 2 aromatic rings. The van der Waals surface area contributed by atoms with Crippen molar-refractivity contribution in [2.24, 2.45) is 0 Å². The fourth-order valence-electron chi connectivity index (χ4n) is 2.17. The van der Waals surface area contributed by atoms with Crippen molar-refractivity contribution in [1.82, 2.24) is 0 Å². The number of carbonyl (C=O) groups is 1. The molecule has 0 aliphatic heterocycles. The first kappa shape index (κ1) is 17.0. The number of amides is 1. The molecular weight excluding hydrogens is 312 g/mol. The number of sulfonamides is 1. The molecule has 0 unspecified atom stereocenters. The van der Waals surface area contributed by atoms with Crippen LogP contribution < -0.4 is 9.62 Å². The van der Waals surface area contributed by atoms with E-state index in [1.54, 1.807) is 36.2 Å². The summed E-state index contributed by atoms with van der Waals surface area (Å²) in [6.45, 7) is 0. The zero-order valence-corrected chi connectivity index (χ0v) is 14.0. The second-order valence-corrected chi connectivity index (χ2v) is 7.11. The Bertz CT molecular complexity index is 756. The van der Waals surface area contributed by atoms with E-state index < -0.39 is 10.0 Å². The third kappa shape index (κ3) is 5.41. The van der Waals surface area contributed by atoms with E-state index in [2.05, 4.69) is 4.72 Å². The lowest BCUT2D eigenvalue weighted by molar-refractivity contribution is -0.118. The number of rotatable bonds is 6. The standard InChI is InChI=1S/C17H20N2O3S/c1-19(17(20)13-8-14-6-4-3-5-7-14)16-11-9-15(10-12-16)18-23(2,21)22/h3-7,9-12,18H,8,13H2,1-2H3. The molecule has 0 fully saturated rings. The van der Waals surface area contributed by atoms with Gasteiger partial charge in [-0.3, -0.25) is 9.52 Å². The fraction of sp³-hybridized carbons (Fsp3) is 0.235. The molecule has 5 nitrogen and oxygen atoms in total. The smallest absolute Gasteiger partial charge is 0.229 e. The second-order valence-electron chi connectivity index (χ2n) is 5.36. The van der Waals surface area contributed by atoms with Crippen LogP contribution in [0, 0.1) is 0 Å². The zero-order valence-electron chi connectivity index (χ0n) is 13.2. The van der Waals surface area contributed by atoms with Crippen molar-refractivity contribution >= 4 is 27.3 Å². The Kier molecular flexibility index (Phi) is 5.39. The normalized spacial score (nSPS) is 11.0. The first-order valence-corrected chi connectivity index (χ1v) is 9.12. The summed E-state index contributed by atoms with van der Waals surface area (Å²) >= 11 is 0. The average molecular weight is 332 g/mol. The van der Waals surface area contributed by atoms with Crippen molar-refractivity contribution in [3.8, 4) is 0 Å². The van der Waals surface area contributed by atoms with Crippen LogP contribution in [0.3, 0.4) is 0 Å². The van der Waals surface area contributed by atoms with Gasteiger partial charge in [-0.25, -0.2) is 8.42 Å². The van der Waals surface area contributed by atoms with Crippen LogP contribution in [0.25, 0.3) is 0 Å². The van der Waals surface area contributed by atoms with Gasteiger partial charge in [0, 0.05) is 24.8 Å². The van der Waals surface area contributed by atoms with Crippen LogP contribution in [0.5, 0.6) is 0 Å². The Hall–Kier alpha value is -2.34. The minimum absolute atomic E-state index is 0.0117. The predicted molar refractivity (Wildman–Crippen MR) is 93.1 cm³/mol. The van der Waals surface area contributed by atoms with Gasteiger partial charge in [0.25, 0.3) is 0 Å². The van der Waals surface area contributed by atoms with Gasteiger partial charge < -0.3 is 4.90 Å². The Labute approximate surface area is 137 Å². The number of benzene rings is 2. The summed E-state index contributed by atoms with van der Waals surface area (Å²) in [5.74, 6) is 0.0117. The van der Waals surface area contributed by atoms with E-state index >= 15 is 0 Å². The van der Waals surface area contributed by atoms with Gasteiger partial charge in [0.2, 0.25) is 15.9 Å². The summed E-state index contributed by atoms with van der Waals surface area (Å²) in [4.78, 5) is 13.8. The van der Waals surface area contributed by atoms with Crippen LogP contribution in [0.1, 0.15) is 12.0 Å². The highest BCUT2D eigenvalue weighted by atomic mass is 32.2. The van der Waals surface area contributed by atoms with Crippen molar-refractivity contribution in [2.45, 2.75) is 12.8 Å². The molecule has 0 radical (unpaired) electrons. The highest BCUT2D eigenvalue weighted by Crippen LogP contribution is 2.18. The first-order valence-electron chi connectivity index (χ1n) is 7.23. The summed E-state index contributed by atoms with van der Waals surface area (Å²) < 4.78 is 24.7. The molecule has 0 aliphatic carbocycles. The van der Waals surface area contributed by atoms with E-state index in [1.807, 2.05) is 30.3 Å². The number of nitrogens with one attached hydrogen (secondary N) is 1. The van der Waals surface area contributed by atoms with Gasteiger partial charge in [0.05, 0.1) is 6.26 Å². The molecule has 0 spiro atoms. The quantitative estimate of drug-likeness (QED) is 0.884. The highest BCUT2D eigenvalue weighted by Gasteiger charge is 2.11. The lowest BCUT2D eigenvalue weighted by atomic mass is 10.1. The van der Waals surface area contributed by atoms with Crippen LogP contribution in [-0.2, 0) is 21.2 Å². The lowest BCUT2D eigenvalue weighted by Crippen LogP contribution is -2.26. The number of hydrogen-bond acceptors (Lipinski definition) is 3. The Morgan fingerprint density at radius 2 is 1.65 bits per heavy atom. The van der Waals surface area contributed by atoms with E-state index in [4.69, 9.17) is 0 Å². The van der Waals surface area contributed by atoms with Gasteiger partial charge in [-0.05, 0) is 36.2 Å². The first-order chi connectivity index (χ1) is 10.8. The highest BCUT2D eigenvalue weighted by molar-refractivity contribution is 7.92. The summed E-state index contributed by atoms with van der Waals surface area (Å²) in [7, 11) is -1.58. The number of hydrogen-bond donors (Lipinski definition) is 1. The molecule has 1 N–H and O–H groups in total. The van der Waals surface area contributed by atoms with Crippen LogP contribution in [0.2, 0.25) is 0 Å². The molecule has 0 aromatic heterocycles. The molecule has 0 aliphatic rings. The minimum Gasteiger partial charge on any atom is -0.315 e. The van der Waals surface area contributed by atoms with Gasteiger partial charge in [-0.15, -0.1) is 0 Å². The molecule has 0 heterocycles. The maximum atomic E-state index is 12.2. The van der Waals surface area contributed by atoms with Crippen LogP contribution >= 0.6 is 0 Å². The number of carbonyl (C=O) groups excluding carboxylic acids is 1. The molecule has 23 heavy (non-hydrogen) atoms. The van der Waals surface area contributed by atoms with E-state index in [1.165, 1.54) is 0 Å². The van der Waals surface area contributed by atoms with E-state index in [0.29, 0.717) is 18.5 Å². The van der Waals surface area contributed by atoms with Crippen molar-refractivity contribution in [1.29, 1.82) is 0 Å². The van der Waals surface area contributed by atoms with Gasteiger partial charge >= 0.3 is 0 Å². The molecule has 122 valence electrons. The van der Waals surface area contributed by atoms with Crippen LogP contribution in [-0.4, -0.2) is 27.6 Å². The molecule has 0 bridgehead atoms. The van der Waals surface area contributed by atoms with Crippen LogP contribution in [0.15, 0.2) is 54.6 Å². The number of aryl methyl sites for hydroxylation is 1. The zero-order chi connectivity index (χ0) is 16.9. The maximum absolute atomic E-state index is 12.2. The maximum Gasteiger partial charge on any atom is 0.229 e. The summed E-state index contributed by atoms with van der Waals surface area (Å²) in [6.07, 6.45) is 2.21. The van der Waals surface area contributed by atoms with E-state index in [9.17, 15) is 13.2 Å². The van der Waals surface area contributed by atoms with E-state index in [0.717, 1.165) is 17.5 Å². The molecular formula is C17H20N2O3S. The predicted octanol–water partition coefficient (Wildman–Crippen LogP) is 2.65. The number of anilines is 2. The van der Waals surface area contributed by atoms with Gasteiger partial charge in [-0.1, -0.05) is 30.3 Å². The van der Waals surface area contributed by atoms with Gasteiger partial charge in [0.1, 0.15) is 0 Å². The SMILES string of the molecule is CN(C(=O)CCc1ccccc1)c1ccc(NS(C)(=O)=O)cc1. The van der Waals surface area contributed by atoms with Crippen molar-refractivity contribution < 1.29 is 13.2 Å². The number of nitrogens with zero attached hydrogens (tertiary/aromatic N) is 1. The van der Waals surface area contributed by atoms with Crippen molar-refractivity contribution in [3.63, 3.8) is 0 Å². The Morgan fingerprint density at radius 3 is 2.22 bits per heavy atom. The third-order valence-electron chi connectivity index (χ3n) is 3.40. The summed E-state index contributed by atoms with van der Waals surface area (Å²) in [5.41, 5.74) is 2.32. The molecule has 0 atom stereocenters. The molecule has 0 saturated heterocycles. The molecule has 2 aromatic carbocycles. The second kappa shape index (κ2) is 7.28. The lowest BCUT2D eigenvalue weighted by Gasteiger charge is -2.18. The molecule has 0 saturated carbocycles. The third-order valence-corrected chi connectivity index (χ3v) is 4.01. The van der Waals surface area contributed by atoms with Gasteiger partial charge in [-0.2, -0.15) is 0 Å². The molecule has 1 amide bonds. The molecule has 6 heteroatoms. The molecule has 2 rings (SSSR count). The average Bonchev–Trinajstić information content (AvgIpc) is 2.52. The monoisotopic (exact) mass is 332 g/mol. The fourth-order valence-corrected chi connectivity index (χ4v) is 2.74. The van der Waals surface area contributed by atoms with E-state index in [-0.39, 0.29) is 5.91 Å². The summed E-state index contributed by atoms with van der Waals surface area (Å²) in [6, 6.07) is 16.6. The topological polar surface area (TPSA) is 66.5 Å².